The fraction of sp³-hybridized carbons (Fsp3) is 0.321. The molecule has 1 saturated carbocycles. The number of aromatic nitrogens is 4. The van der Waals surface area contributed by atoms with Gasteiger partial charge in [0.2, 0.25) is 17.6 Å². The average Bonchev–Trinajstić information content (AvgIpc) is 3.63. The van der Waals surface area contributed by atoms with E-state index in [4.69, 9.17) is 11.6 Å². The van der Waals surface area contributed by atoms with Crippen LogP contribution in [0.3, 0.4) is 0 Å². The molecule has 0 radical (unpaired) electrons. The van der Waals surface area contributed by atoms with E-state index in [1.54, 1.807) is 24.3 Å². The first-order valence-corrected chi connectivity index (χ1v) is 14.1. The maximum atomic E-state index is 14.3. The lowest BCUT2D eigenvalue weighted by Gasteiger charge is -2.32. The summed E-state index contributed by atoms with van der Waals surface area (Å²) < 4.78 is 14.3. The highest BCUT2D eigenvalue weighted by Gasteiger charge is 2.34. The second kappa shape index (κ2) is 12.5. The second-order valence-corrected chi connectivity index (χ2v) is 10.9. The number of nitrogens with one attached hydrogen (secondary N) is 1. The summed E-state index contributed by atoms with van der Waals surface area (Å²) in [5.41, 5.74) is 0.894. The number of rotatable bonds is 9. The summed E-state index contributed by atoms with van der Waals surface area (Å²) in [6.07, 6.45) is 5.14. The van der Waals surface area contributed by atoms with Gasteiger partial charge in [-0.05, 0) is 53.3 Å². The zero-order valence-electron chi connectivity index (χ0n) is 21.2. The number of nitrogens with zero attached hydrogens (tertiary/aromatic N) is 5. The largest absolute Gasteiger partial charge is 0.351 e. The van der Waals surface area contributed by atoms with E-state index in [0.29, 0.717) is 10.6 Å². The number of carbonyl (C=O) groups is 2. The van der Waals surface area contributed by atoms with E-state index in [2.05, 4.69) is 20.7 Å². The molecule has 1 fully saturated rings. The van der Waals surface area contributed by atoms with Gasteiger partial charge in [-0.25, -0.2) is 4.39 Å². The number of hydrogen-bond acceptors (Lipinski definition) is 6. The normalized spacial score (nSPS) is 14.6. The minimum absolute atomic E-state index is 0.0726. The molecule has 1 atom stereocenters. The van der Waals surface area contributed by atoms with Gasteiger partial charge >= 0.3 is 0 Å². The number of hydrogen-bond donors (Lipinski definition) is 1. The Kier molecular flexibility index (Phi) is 8.63. The van der Waals surface area contributed by atoms with Crippen LogP contribution in [0, 0.1) is 5.82 Å². The highest BCUT2D eigenvalue weighted by Crippen LogP contribution is 2.30. The zero-order valence-corrected chi connectivity index (χ0v) is 22.7. The molecule has 1 N–H and O–H groups in total. The molecule has 11 heteroatoms. The number of carbonyl (C=O) groups excluding carboxylic acids is 2. The summed E-state index contributed by atoms with van der Waals surface area (Å²) in [7, 11) is 0. The van der Waals surface area contributed by atoms with Gasteiger partial charge in [-0.3, -0.25) is 9.59 Å². The van der Waals surface area contributed by atoms with E-state index >= 15 is 0 Å². The summed E-state index contributed by atoms with van der Waals surface area (Å²) in [6, 6.07) is 16.3. The molecule has 2 amide bonds. The molecule has 2 heterocycles. The molecular weight excluding hydrogens is 539 g/mol. The molecule has 0 saturated heterocycles. The van der Waals surface area contributed by atoms with E-state index in [0.717, 1.165) is 41.8 Å². The second-order valence-electron chi connectivity index (χ2n) is 9.50. The highest BCUT2D eigenvalue weighted by molar-refractivity contribution is 7.10. The van der Waals surface area contributed by atoms with E-state index < -0.39 is 17.8 Å². The first kappa shape index (κ1) is 27.0. The third-order valence-corrected chi connectivity index (χ3v) is 8.08. The topological polar surface area (TPSA) is 93.0 Å². The van der Waals surface area contributed by atoms with E-state index in [9.17, 15) is 14.0 Å². The van der Waals surface area contributed by atoms with Crippen LogP contribution >= 0.6 is 22.9 Å². The Labute approximate surface area is 234 Å². The van der Waals surface area contributed by atoms with Crippen molar-refractivity contribution in [1.29, 1.82) is 0 Å². The molecule has 2 aromatic carbocycles. The standard InChI is InChI=1S/C28H28ClFN6O2S/c29-22-13-6-4-9-19(22)17-35(25(37)18-36-33-27(32-34-36)21-12-5-7-14-23(21)30)26(24-15-8-16-39-24)28(38)31-20-10-2-1-3-11-20/h4-9,12-16,20,26H,1-3,10-11,17-18H2,(H,31,38)/t26-/m0/s1. The summed E-state index contributed by atoms with van der Waals surface area (Å²) in [5, 5.41) is 17.7. The van der Waals surface area contributed by atoms with Crippen molar-refractivity contribution in [3.63, 3.8) is 0 Å². The zero-order chi connectivity index (χ0) is 27.2. The lowest BCUT2D eigenvalue weighted by Crippen LogP contribution is -2.47. The van der Waals surface area contributed by atoms with Crippen LogP contribution in [0.5, 0.6) is 0 Å². The molecule has 5 rings (SSSR count). The highest BCUT2D eigenvalue weighted by atomic mass is 35.5. The van der Waals surface area contributed by atoms with E-state index in [1.165, 1.54) is 22.3 Å². The van der Waals surface area contributed by atoms with Gasteiger partial charge in [0.25, 0.3) is 0 Å². The molecule has 0 aliphatic heterocycles. The maximum Gasteiger partial charge on any atom is 0.248 e. The first-order valence-electron chi connectivity index (χ1n) is 12.9. The van der Waals surface area contributed by atoms with Crippen LogP contribution in [0.1, 0.15) is 48.6 Å². The van der Waals surface area contributed by atoms with Gasteiger partial charge in [-0.2, -0.15) is 4.80 Å². The average molecular weight is 567 g/mol. The lowest BCUT2D eigenvalue weighted by atomic mass is 9.95. The number of benzene rings is 2. The Hall–Kier alpha value is -3.63. The summed E-state index contributed by atoms with van der Waals surface area (Å²) in [5.74, 6) is -1.04. The fourth-order valence-electron chi connectivity index (χ4n) is 4.80. The molecule has 8 nitrogen and oxygen atoms in total. The number of halogens is 2. The Balaban J connectivity index is 1.45. The van der Waals surface area contributed by atoms with Crippen LogP contribution in [0.4, 0.5) is 4.39 Å². The molecule has 4 aromatic rings. The van der Waals surface area contributed by atoms with Crippen LogP contribution in [0.2, 0.25) is 5.02 Å². The number of thiophene rings is 1. The van der Waals surface area contributed by atoms with Crippen molar-refractivity contribution in [3.05, 3.63) is 87.3 Å². The van der Waals surface area contributed by atoms with Crippen molar-refractivity contribution in [2.24, 2.45) is 0 Å². The van der Waals surface area contributed by atoms with Gasteiger partial charge in [-0.1, -0.05) is 67.3 Å². The maximum absolute atomic E-state index is 14.3. The molecule has 0 unspecified atom stereocenters. The predicted molar refractivity (Wildman–Crippen MR) is 147 cm³/mol. The lowest BCUT2D eigenvalue weighted by molar-refractivity contribution is -0.142. The minimum atomic E-state index is -0.870. The Morgan fingerprint density at radius 2 is 1.85 bits per heavy atom. The van der Waals surface area contributed by atoms with Crippen LogP contribution in [0.25, 0.3) is 11.4 Å². The Morgan fingerprint density at radius 3 is 2.59 bits per heavy atom. The Bertz CT molecular complexity index is 1420. The monoisotopic (exact) mass is 566 g/mol. The first-order chi connectivity index (χ1) is 19.0. The van der Waals surface area contributed by atoms with Crippen LogP contribution in [-0.4, -0.2) is 43.0 Å². The van der Waals surface area contributed by atoms with Gasteiger partial charge in [-0.15, -0.1) is 21.5 Å². The molecule has 202 valence electrons. The summed E-state index contributed by atoms with van der Waals surface area (Å²) in [6.45, 7) is -0.182. The predicted octanol–water partition coefficient (Wildman–Crippen LogP) is 5.41. The van der Waals surface area contributed by atoms with E-state index in [1.807, 2.05) is 35.7 Å². The molecule has 2 aromatic heterocycles. The molecule has 1 aliphatic rings. The van der Waals surface area contributed by atoms with Crippen LogP contribution in [0.15, 0.2) is 66.0 Å². The van der Waals surface area contributed by atoms with Gasteiger partial charge in [0.15, 0.2) is 0 Å². The fourth-order valence-corrected chi connectivity index (χ4v) is 5.83. The van der Waals surface area contributed by atoms with Gasteiger partial charge in [0, 0.05) is 22.5 Å². The van der Waals surface area contributed by atoms with Crippen molar-refractivity contribution < 1.29 is 14.0 Å². The van der Waals surface area contributed by atoms with Crippen LogP contribution in [-0.2, 0) is 22.7 Å². The summed E-state index contributed by atoms with van der Waals surface area (Å²) >= 11 is 7.88. The van der Waals surface area contributed by atoms with Crippen molar-refractivity contribution >= 4 is 34.8 Å². The molecular formula is C28H28ClFN6O2S. The quantitative estimate of drug-likeness (QED) is 0.292. The van der Waals surface area contributed by atoms with Crippen molar-refractivity contribution in [3.8, 4) is 11.4 Å². The molecule has 1 aliphatic carbocycles. The van der Waals surface area contributed by atoms with Crippen molar-refractivity contribution in [2.45, 2.75) is 57.3 Å². The number of amides is 2. The summed E-state index contributed by atoms with van der Waals surface area (Å²) in [4.78, 5) is 31.0. The van der Waals surface area contributed by atoms with Crippen molar-refractivity contribution in [1.82, 2.24) is 30.4 Å². The van der Waals surface area contributed by atoms with E-state index in [-0.39, 0.29) is 36.4 Å². The molecule has 0 bridgehead atoms. The van der Waals surface area contributed by atoms with Gasteiger partial charge < -0.3 is 10.2 Å². The number of tetrazole rings is 1. The van der Waals surface area contributed by atoms with Crippen molar-refractivity contribution in [2.75, 3.05) is 0 Å². The third-order valence-electron chi connectivity index (χ3n) is 6.79. The van der Waals surface area contributed by atoms with Crippen LogP contribution < -0.4 is 5.32 Å². The molecule has 0 spiro atoms. The Morgan fingerprint density at radius 1 is 1.08 bits per heavy atom. The minimum Gasteiger partial charge on any atom is -0.351 e. The van der Waals surface area contributed by atoms with Gasteiger partial charge in [0.1, 0.15) is 18.4 Å². The smallest absolute Gasteiger partial charge is 0.248 e. The molecule has 39 heavy (non-hydrogen) atoms. The third kappa shape index (κ3) is 6.51. The SMILES string of the molecule is O=C(NC1CCCCC1)[C@H](c1cccs1)N(Cc1ccccc1Cl)C(=O)Cn1nnc(-c2ccccc2F)n1. The van der Waals surface area contributed by atoms with Gasteiger partial charge in [0.05, 0.1) is 5.56 Å².